The predicted molar refractivity (Wildman–Crippen MR) is 78.2 cm³/mol. The van der Waals surface area contributed by atoms with Gasteiger partial charge in [0.15, 0.2) is 0 Å². The average molecular weight is 291 g/mol. The summed E-state index contributed by atoms with van der Waals surface area (Å²) in [4.78, 5) is 0. The molecule has 0 radical (unpaired) electrons. The molecule has 0 unspecified atom stereocenters. The molecule has 0 aliphatic carbocycles. The van der Waals surface area contributed by atoms with Crippen molar-refractivity contribution in [3.8, 4) is 0 Å². The van der Waals surface area contributed by atoms with Gasteiger partial charge in [-0.05, 0) is 17.7 Å². The first-order valence-electron chi connectivity index (χ1n) is 6.15. The second-order valence-electron chi connectivity index (χ2n) is 3.39. The van der Waals surface area contributed by atoms with Crippen molar-refractivity contribution in [3.05, 3.63) is 41.5 Å². The molecular formula is C14H20F3NS. The van der Waals surface area contributed by atoms with Crippen LogP contribution in [0.25, 0.3) is 6.08 Å². The van der Waals surface area contributed by atoms with Gasteiger partial charge in [0.2, 0.25) is 0 Å². The molecule has 1 rings (SSSR count). The number of benzene rings is 1. The van der Waals surface area contributed by atoms with E-state index in [1.165, 1.54) is 12.1 Å². The minimum Gasteiger partial charge on any atom is -0.330 e. The Labute approximate surface area is 117 Å². The van der Waals surface area contributed by atoms with Gasteiger partial charge in [-0.3, -0.25) is 0 Å². The van der Waals surface area contributed by atoms with Crippen molar-refractivity contribution >= 4 is 17.8 Å². The maximum absolute atomic E-state index is 12.3. The minimum absolute atomic E-state index is 0.618. The van der Waals surface area contributed by atoms with Gasteiger partial charge in [-0.1, -0.05) is 38.1 Å². The molecule has 19 heavy (non-hydrogen) atoms. The lowest BCUT2D eigenvalue weighted by molar-refractivity contribution is -0.137. The van der Waals surface area contributed by atoms with Crippen LogP contribution in [0, 0.1) is 0 Å². The molecule has 108 valence electrons. The van der Waals surface area contributed by atoms with Crippen LogP contribution in [0.5, 0.6) is 0 Å². The number of rotatable bonds is 5. The third-order valence-electron chi connectivity index (χ3n) is 2.02. The van der Waals surface area contributed by atoms with Crippen molar-refractivity contribution in [2.45, 2.75) is 20.0 Å². The van der Waals surface area contributed by atoms with Gasteiger partial charge in [-0.2, -0.15) is 24.9 Å². The second-order valence-corrected chi connectivity index (χ2v) is 4.54. The molecule has 0 aromatic heterocycles. The van der Waals surface area contributed by atoms with Crippen molar-refractivity contribution in [2.24, 2.45) is 5.73 Å². The van der Waals surface area contributed by atoms with Crippen LogP contribution in [0.2, 0.25) is 0 Å². The number of hydrogen-bond donors (Lipinski definition) is 1. The van der Waals surface area contributed by atoms with E-state index in [1.807, 2.05) is 26.0 Å². The van der Waals surface area contributed by atoms with Crippen molar-refractivity contribution in [3.63, 3.8) is 0 Å². The molecule has 0 bridgehead atoms. The molecule has 0 atom stereocenters. The lowest BCUT2D eigenvalue weighted by Crippen LogP contribution is -2.03. The highest BCUT2D eigenvalue weighted by atomic mass is 32.2. The van der Waals surface area contributed by atoms with E-state index in [9.17, 15) is 13.2 Å². The van der Waals surface area contributed by atoms with Gasteiger partial charge >= 0.3 is 6.18 Å². The van der Waals surface area contributed by atoms with Gasteiger partial charge in [-0.25, -0.2) is 0 Å². The average Bonchev–Trinajstić information content (AvgIpc) is 2.40. The Morgan fingerprint density at radius 2 is 1.74 bits per heavy atom. The monoisotopic (exact) mass is 291 g/mol. The van der Waals surface area contributed by atoms with Crippen LogP contribution in [0.1, 0.15) is 25.0 Å². The number of thioether (sulfide) groups is 1. The van der Waals surface area contributed by atoms with Gasteiger partial charge in [0.1, 0.15) is 0 Å². The Morgan fingerprint density at radius 3 is 2.21 bits per heavy atom. The predicted octanol–water partition coefficient (Wildman–Crippen LogP) is 4.44. The van der Waals surface area contributed by atoms with E-state index < -0.39 is 11.7 Å². The number of hydrogen-bond acceptors (Lipinski definition) is 2. The molecule has 0 aliphatic heterocycles. The largest absolute Gasteiger partial charge is 0.416 e. The summed E-state index contributed by atoms with van der Waals surface area (Å²) in [5.74, 6) is 1.70. The molecule has 0 saturated carbocycles. The Balaban J connectivity index is 0.00000154. The SMILES string of the molecule is CC.NCCSC/C=C/c1ccc(C(F)(F)F)cc1. The van der Waals surface area contributed by atoms with E-state index in [1.54, 1.807) is 11.8 Å². The van der Waals surface area contributed by atoms with Crippen LogP contribution in [0.15, 0.2) is 30.3 Å². The highest BCUT2D eigenvalue weighted by molar-refractivity contribution is 7.99. The first kappa shape index (κ1) is 18.1. The fraction of sp³-hybridized carbons (Fsp3) is 0.429. The lowest BCUT2D eigenvalue weighted by Gasteiger charge is -2.05. The first-order valence-corrected chi connectivity index (χ1v) is 7.31. The Kier molecular flexibility index (Phi) is 9.43. The molecule has 0 heterocycles. The summed E-state index contributed by atoms with van der Waals surface area (Å²) in [5.41, 5.74) is 5.48. The molecule has 0 amide bonds. The fourth-order valence-corrected chi connectivity index (χ4v) is 1.77. The molecule has 0 fully saturated rings. The zero-order valence-corrected chi connectivity index (χ0v) is 12.0. The van der Waals surface area contributed by atoms with E-state index in [-0.39, 0.29) is 0 Å². The van der Waals surface area contributed by atoms with E-state index in [2.05, 4.69) is 0 Å². The van der Waals surface area contributed by atoms with Crippen molar-refractivity contribution in [1.82, 2.24) is 0 Å². The zero-order valence-electron chi connectivity index (χ0n) is 11.2. The third kappa shape index (κ3) is 7.95. The molecule has 1 aromatic carbocycles. The molecule has 0 spiro atoms. The van der Waals surface area contributed by atoms with Gasteiger partial charge < -0.3 is 5.73 Å². The number of halogens is 3. The maximum Gasteiger partial charge on any atom is 0.416 e. The van der Waals surface area contributed by atoms with Crippen LogP contribution < -0.4 is 5.73 Å². The van der Waals surface area contributed by atoms with E-state index in [0.29, 0.717) is 6.54 Å². The fourth-order valence-electron chi connectivity index (χ4n) is 1.20. The maximum atomic E-state index is 12.3. The highest BCUT2D eigenvalue weighted by Gasteiger charge is 2.29. The Hall–Kier alpha value is -0.940. The van der Waals surface area contributed by atoms with Gasteiger partial charge in [0.05, 0.1) is 5.56 Å². The van der Waals surface area contributed by atoms with Gasteiger partial charge in [-0.15, -0.1) is 0 Å². The third-order valence-corrected chi connectivity index (χ3v) is 2.98. The number of alkyl halides is 3. The summed E-state index contributed by atoms with van der Waals surface area (Å²) in [5, 5.41) is 0. The summed E-state index contributed by atoms with van der Waals surface area (Å²) in [6, 6.07) is 5.11. The van der Waals surface area contributed by atoms with Crippen molar-refractivity contribution < 1.29 is 13.2 Å². The van der Waals surface area contributed by atoms with Crippen LogP contribution in [-0.4, -0.2) is 18.1 Å². The molecule has 2 N–H and O–H groups in total. The van der Waals surface area contributed by atoms with Crippen LogP contribution >= 0.6 is 11.8 Å². The first-order chi connectivity index (χ1) is 9.04. The summed E-state index contributed by atoms with van der Waals surface area (Å²) >= 11 is 1.69. The number of nitrogens with two attached hydrogens (primary N) is 1. The topological polar surface area (TPSA) is 26.0 Å². The Morgan fingerprint density at radius 1 is 1.16 bits per heavy atom. The Bertz CT molecular complexity index is 358. The van der Waals surface area contributed by atoms with Crippen molar-refractivity contribution in [2.75, 3.05) is 18.1 Å². The molecule has 1 aromatic rings. The smallest absolute Gasteiger partial charge is 0.330 e. The van der Waals surface area contributed by atoms with E-state index >= 15 is 0 Å². The summed E-state index contributed by atoms with van der Waals surface area (Å²) in [6.07, 6.45) is -0.536. The van der Waals surface area contributed by atoms with Crippen LogP contribution in [0.3, 0.4) is 0 Å². The molecule has 0 saturated heterocycles. The standard InChI is InChI=1S/C12H14F3NS.C2H6/c13-12(14,15)11-5-3-10(4-6-11)2-1-8-17-9-7-16;1-2/h1-6H,7-9,16H2;1-2H3/b2-1+;. The molecule has 0 aliphatic rings. The molecular weight excluding hydrogens is 271 g/mol. The second kappa shape index (κ2) is 9.92. The summed E-state index contributed by atoms with van der Waals surface area (Å²) in [7, 11) is 0. The zero-order chi connectivity index (χ0) is 14.7. The van der Waals surface area contributed by atoms with Crippen molar-refractivity contribution in [1.29, 1.82) is 0 Å². The highest BCUT2D eigenvalue weighted by Crippen LogP contribution is 2.29. The van der Waals surface area contributed by atoms with E-state index in [0.717, 1.165) is 29.2 Å². The van der Waals surface area contributed by atoms with Crippen LogP contribution in [-0.2, 0) is 6.18 Å². The molecule has 5 heteroatoms. The normalized spacial score (nSPS) is 11.3. The quantitative estimate of drug-likeness (QED) is 0.812. The van der Waals surface area contributed by atoms with Crippen LogP contribution in [0.4, 0.5) is 13.2 Å². The van der Waals surface area contributed by atoms with Gasteiger partial charge in [0, 0.05) is 18.1 Å². The molecule has 1 nitrogen and oxygen atoms in total. The van der Waals surface area contributed by atoms with Gasteiger partial charge in [0.25, 0.3) is 0 Å². The summed E-state index contributed by atoms with van der Waals surface area (Å²) in [6.45, 7) is 4.64. The summed E-state index contributed by atoms with van der Waals surface area (Å²) < 4.78 is 36.8. The minimum atomic E-state index is -4.26. The lowest BCUT2D eigenvalue weighted by atomic mass is 10.1. The van der Waals surface area contributed by atoms with E-state index in [4.69, 9.17) is 5.73 Å².